The smallest absolute Gasteiger partial charge is 0.266 e. The first-order valence-electron chi connectivity index (χ1n) is 6.84. The van der Waals surface area contributed by atoms with Crippen LogP contribution in [0.5, 0.6) is 5.75 Å². The fourth-order valence-electron chi connectivity index (χ4n) is 1.85. The van der Waals surface area contributed by atoms with E-state index in [0.717, 1.165) is 10.6 Å². The van der Waals surface area contributed by atoms with Crippen molar-refractivity contribution in [3.8, 4) is 16.3 Å². The van der Waals surface area contributed by atoms with Gasteiger partial charge in [0.2, 0.25) is 0 Å². The van der Waals surface area contributed by atoms with E-state index in [0.29, 0.717) is 15.9 Å². The maximum absolute atomic E-state index is 12.2. The number of hydrogen-bond donors (Lipinski definition) is 1. The molecule has 0 fully saturated rings. The van der Waals surface area contributed by atoms with Gasteiger partial charge in [-0.05, 0) is 42.6 Å². The van der Waals surface area contributed by atoms with E-state index in [2.05, 4.69) is 10.3 Å². The molecule has 0 saturated carbocycles. The van der Waals surface area contributed by atoms with Crippen molar-refractivity contribution in [2.24, 2.45) is 0 Å². The topological polar surface area (TPSA) is 51.2 Å². The van der Waals surface area contributed by atoms with E-state index >= 15 is 0 Å². The molecule has 0 saturated heterocycles. The Morgan fingerprint density at radius 2 is 2.04 bits per heavy atom. The van der Waals surface area contributed by atoms with Crippen molar-refractivity contribution in [1.82, 2.24) is 4.98 Å². The van der Waals surface area contributed by atoms with Gasteiger partial charge in [-0.2, -0.15) is 0 Å². The number of halogens is 1. The van der Waals surface area contributed by atoms with Crippen LogP contribution in [0.4, 0.5) is 5.13 Å². The third-order valence-corrected chi connectivity index (χ3v) is 4.91. The van der Waals surface area contributed by atoms with E-state index in [1.165, 1.54) is 11.3 Å². The lowest BCUT2D eigenvalue weighted by Crippen LogP contribution is -2.30. The van der Waals surface area contributed by atoms with Crippen LogP contribution >= 0.6 is 34.3 Å². The quantitative estimate of drug-likeness (QED) is 0.698. The van der Waals surface area contributed by atoms with Gasteiger partial charge in [-0.25, -0.2) is 4.98 Å². The van der Waals surface area contributed by atoms with Crippen LogP contribution in [0.1, 0.15) is 6.92 Å². The van der Waals surface area contributed by atoms with Crippen LogP contribution in [0.3, 0.4) is 0 Å². The molecule has 23 heavy (non-hydrogen) atoms. The third kappa shape index (κ3) is 4.10. The molecule has 118 valence electrons. The lowest BCUT2D eigenvalue weighted by atomic mass is 10.3. The number of thiazole rings is 1. The van der Waals surface area contributed by atoms with Crippen molar-refractivity contribution in [1.29, 1.82) is 0 Å². The molecule has 7 heteroatoms. The average Bonchev–Trinajstić information content (AvgIpc) is 3.20. The molecule has 0 aliphatic heterocycles. The summed E-state index contributed by atoms with van der Waals surface area (Å²) in [6, 6.07) is 10.9. The number of carbonyl (C=O) groups is 1. The summed E-state index contributed by atoms with van der Waals surface area (Å²) in [5.41, 5.74) is 0.867. The van der Waals surface area contributed by atoms with E-state index < -0.39 is 6.10 Å². The Labute approximate surface area is 146 Å². The minimum Gasteiger partial charge on any atom is -0.481 e. The zero-order valence-electron chi connectivity index (χ0n) is 12.2. The molecule has 0 bridgehead atoms. The van der Waals surface area contributed by atoms with Crippen molar-refractivity contribution < 1.29 is 9.53 Å². The Hall–Kier alpha value is -1.89. The Balaban J connectivity index is 1.61. The molecule has 3 aromatic rings. The highest BCUT2D eigenvalue weighted by Gasteiger charge is 2.16. The maximum atomic E-state index is 12.2. The first kappa shape index (κ1) is 16.0. The molecule has 0 aliphatic carbocycles. The van der Waals surface area contributed by atoms with Gasteiger partial charge in [-0.15, -0.1) is 22.7 Å². The molecule has 2 aromatic heterocycles. The van der Waals surface area contributed by atoms with Crippen molar-refractivity contribution in [3.05, 3.63) is 52.2 Å². The van der Waals surface area contributed by atoms with E-state index in [-0.39, 0.29) is 5.91 Å². The number of amides is 1. The third-order valence-electron chi connectivity index (χ3n) is 3.00. The summed E-state index contributed by atoms with van der Waals surface area (Å²) in [5, 5.41) is 7.88. The summed E-state index contributed by atoms with van der Waals surface area (Å²) in [7, 11) is 0. The van der Waals surface area contributed by atoms with Crippen LogP contribution in [0, 0.1) is 0 Å². The van der Waals surface area contributed by atoms with Gasteiger partial charge in [-0.3, -0.25) is 10.1 Å². The van der Waals surface area contributed by atoms with Gasteiger partial charge in [0.1, 0.15) is 5.75 Å². The van der Waals surface area contributed by atoms with Crippen LogP contribution in [-0.4, -0.2) is 17.0 Å². The zero-order valence-corrected chi connectivity index (χ0v) is 14.5. The SMILES string of the molecule is CC(Oc1ccc(Cl)cc1)C(=O)Nc1nc(-c2cccs2)cs1. The molecule has 2 heterocycles. The highest BCUT2D eigenvalue weighted by Crippen LogP contribution is 2.28. The fourth-order valence-corrected chi connectivity index (χ4v) is 3.45. The molecular weight excluding hydrogens is 352 g/mol. The monoisotopic (exact) mass is 364 g/mol. The maximum Gasteiger partial charge on any atom is 0.266 e. The van der Waals surface area contributed by atoms with Gasteiger partial charge in [0.05, 0.1) is 10.6 Å². The van der Waals surface area contributed by atoms with Crippen molar-refractivity contribution in [3.63, 3.8) is 0 Å². The molecule has 0 radical (unpaired) electrons. The van der Waals surface area contributed by atoms with Crippen LogP contribution < -0.4 is 10.1 Å². The Bertz CT molecular complexity index is 785. The van der Waals surface area contributed by atoms with Gasteiger partial charge in [-0.1, -0.05) is 17.7 Å². The molecule has 1 N–H and O–H groups in total. The lowest BCUT2D eigenvalue weighted by Gasteiger charge is -2.13. The summed E-state index contributed by atoms with van der Waals surface area (Å²) in [6.07, 6.45) is -0.634. The highest BCUT2D eigenvalue weighted by atomic mass is 35.5. The van der Waals surface area contributed by atoms with Crippen molar-refractivity contribution >= 4 is 45.3 Å². The minimum atomic E-state index is -0.634. The number of anilines is 1. The predicted octanol–water partition coefficient (Wildman–Crippen LogP) is 4.93. The molecule has 1 atom stereocenters. The number of carbonyl (C=O) groups excluding carboxylic acids is 1. The second-order valence-corrected chi connectivity index (χ2v) is 6.96. The largest absolute Gasteiger partial charge is 0.481 e. The zero-order chi connectivity index (χ0) is 16.2. The van der Waals surface area contributed by atoms with Crippen molar-refractivity contribution in [2.75, 3.05) is 5.32 Å². The number of nitrogens with zero attached hydrogens (tertiary/aromatic N) is 1. The van der Waals surface area contributed by atoms with Gasteiger partial charge < -0.3 is 4.74 Å². The van der Waals surface area contributed by atoms with Crippen LogP contribution in [0.25, 0.3) is 10.6 Å². The normalized spacial score (nSPS) is 11.9. The van der Waals surface area contributed by atoms with Crippen molar-refractivity contribution in [2.45, 2.75) is 13.0 Å². The lowest BCUT2D eigenvalue weighted by molar-refractivity contribution is -0.122. The number of thiophene rings is 1. The van der Waals surface area contributed by atoms with E-state index in [1.54, 1.807) is 42.5 Å². The Morgan fingerprint density at radius 1 is 1.26 bits per heavy atom. The number of rotatable bonds is 5. The number of nitrogens with one attached hydrogen (secondary N) is 1. The molecule has 0 aliphatic rings. The van der Waals surface area contributed by atoms with Crippen LogP contribution in [0.2, 0.25) is 5.02 Å². The second kappa shape index (κ2) is 7.12. The number of benzene rings is 1. The summed E-state index contributed by atoms with van der Waals surface area (Å²) < 4.78 is 5.59. The van der Waals surface area contributed by atoms with Gasteiger partial charge in [0.25, 0.3) is 5.91 Å². The fraction of sp³-hybridized carbons (Fsp3) is 0.125. The predicted molar refractivity (Wildman–Crippen MR) is 95.6 cm³/mol. The minimum absolute atomic E-state index is 0.243. The summed E-state index contributed by atoms with van der Waals surface area (Å²) in [5.74, 6) is 0.350. The number of aromatic nitrogens is 1. The van der Waals surface area contributed by atoms with Gasteiger partial charge in [0.15, 0.2) is 11.2 Å². The van der Waals surface area contributed by atoms with Gasteiger partial charge >= 0.3 is 0 Å². The first-order valence-corrected chi connectivity index (χ1v) is 8.98. The summed E-state index contributed by atoms with van der Waals surface area (Å²) in [6.45, 7) is 1.69. The summed E-state index contributed by atoms with van der Waals surface area (Å²) >= 11 is 8.83. The van der Waals surface area contributed by atoms with Crippen LogP contribution in [-0.2, 0) is 4.79 Å². The molecule has 1 amide bonds. The van der Waals surface area contributed by atoms with E-state index in [9.17, 15) is 4.79 Å². The first-order chi connectivity index (χ1) is 11.1. The molecule has 1 aromatic carbocycles. The highest BCUT2D eigenvalue weighted by molar-refractivity contribution is 7.16. The summed E-state index contributed by atoms with van der Waals surface area (Å²) in [4.78, 5) is 17.7. The Kier molecular flexibility index (Phi) is 4.95. The number of ether oxygens (including phenoxy) is 1. The number of hydrogen-bond acceptors (Lipinski definition) is 5. The molecule has 1 unspecified atom stereocenters. The standard InChI is InChI=1S/C16H13ClN2O2S2/c1-10(21-12-6-4-11(17)5-7-12)15(20)19-16-18-13(9-23-16)14-3-2-8-22-14/h2-10H,1H3,(H,18,19,20). The molecule has 0 spiro atoms. The second-order valence-electron chi connectivity index (χ2n) is 4.72. The van der Waals surface area contributed by atoms with E-state index in [4.69, 9.17) is 16.3 Å². The molecule has 4 nitrogen and oxygen atoms in total. The van der Waals surface area contributed by atoms with E-state index in [1.807, 2.05) is 22.9 Å². The Morgan fingerprint density at radius 3 is 2.74 bits per heavy atom. The van der Waals surface area contributed by atoms with Crippen LogP contribution in [0.15, 0.2) is 47.2 Å². The molecular formula is C16H13ClN2O2S2. The molecule has 3 rings (SSSR count). The van der Waals surface area contributed by atoms with Gasteiger partial charge in [0, 0.05) is 10.4 Å². The average molecular weight is 365 g/mol.